The molecule has 1 amide bonds. The summed E-state index contributed by atoms with van der Waals surface area (Å²) in [7, 11) is 1.29. The zero-order chi connectivity index (χ0) is 13.5. The lowest BCUT2D eigenvalue weighted by Crippen LogP contribution is -2.15. The van der Waals surface area contributed by atoms with Crippen molar-refractivity contribution in [3.05, 3.63) is 30.4 Å². The molecule has 0 atom stereocenters. The van der Waals surface area contributed by atoms with Crippen LogP contribution in [0.2, 0.25) is 0 Å². The molecule has 1 aromatic heterocycles. The van der Waals surface area contributed by atoms with E-state index in [9.17, 15) is 9.59 Å². The molecule has 0 aliphatic heterocycles. The van der Waals surface area contributed by atoms with E-state index in [1.165, 1.54) is 25.3 Å². The summed E-state index contributed by atoms with van der Waals surface area (Å²) in [6, 6.07) is 2.61. The van der Waals surface area contributed by atoms with E-state index in [1.54, 1.807) is 0 Å². The zero-order valence-corrected chi connectivity index (χ0v) is 9.67. The summed E-state index contributed by atoms with van der Waals surface area (Å²) in [5.41, 5.74) is -0.0949. The third-order valence-corrected chi connectivity index (χ3v) is 1.85. The van der Waals surface area contributed by atoms with Crippen molar-refractivity contribution in [1.82, 2.24) is 4.98 Å². The maximum atomic E-state index is 11.2. The lowest BCUT2D eigenvalue weighted by atomic mass is 10.2. The van der Waals surface area contributed by atoms with Gasteiger partial charge in [-0.1, -0.05) is 12.7 Å². The van der Waals surface area contributed by atoms with Crippen molar-refractivity contribution in [2.75, 3.05) is 19.0 Å². The van der Waals surface area contributed by atoms with Gasteiger partial charge in [0, 0.05) is 0 Å². The van der Waals surface area contributed by atoms with Crippen molar-refractivity contribution in [1.29, 1.82) is 0 Å². The van der Waals surface area contributed by atoms with Gasteiger partial charge in [0.2, 0.25) is 5.88 Å². The number of pyridine rings is 1. The second-order valence-corrected chi connectivity index (χ2v) is 3.07. The van der Waals surface area contributed by atoms with Crippen LogP contribution in [0.5, 0.6) is 5.88 Å². The Kier molecular flexibility index (Phi) is 4.67. The van der Waals surface area contributed by atoms with Crippen molar-refractivity contribution < 1.29 is 24.2 Å². The van der Waals surface area contributed by atoms with Crippen LogP contribution in [0.15, 0.2) is 24.8 Å². The van der Waals surface area contributed by atoms with E-state index in [1.807, 2.05) is 0 Å². The average molecular weight is 252 g/mol. The fraction of sp³-hybridized carbons (Fsp3) is 0.182. The molecule has 7 nitrogen and oxygen atoms in total. The quantitative estimate of drug-likeness (QED) is 0.771. The highest BCUT2D eigenvalue weighted by Gasteiger charge is 2.14. The molecule has 2 N–H and O–H groups in total. The number of carboxylic acid groups (broad SMARTS) is 1. The summed E-state index contributed by atoms with van der Waals surface area (Å²) < 4.78 is 9.49. The smallest absolute Gasteiger partial charge is 0.413 e. The Morgan fingerprint density at radius 2 is 2.28 bits per heavy atom. The van der Waals surface area contributed by atoms with E-state index in [-0.39, 0.29) is 23.9 Å². The maximum Gasteiger partial charge on any atom is 0.413 e. The van der Waals surface area contributed by atoms with Crippen molar-refractivity contribution in [3.8, 4) is 5.88 Å². The minimum atomic E-state index is -1.17. The number of carboxylic acids is 1. The van der Waals surface area contributed by atoms with Gasteiger partial charge in [-0.3, -0.25) is 5.32 Å². The molecule has 0 radical (unpaired) electrons. The second kappa shape index (κ2) is 6.24. The topological polar surface area (TPSA) is 97.8 Å². The van der Waals surface area contributed by atoms with Crippen molar-refractivity contribution in [3.63, 3.8) is 0 Å². The molecule has 1 heterocycles. The number of hydrogen-bond donors (Lipinski definition) is 2. The molecule has 0 spiro atoms. The lowest BCUT2D eigenvalue weighted by Gasteiger charge is -2.07. The Morgan fingerprint density at radius 3 is 2.83 bits per heavy atom. The van der Waals surface area contributed by atoms with Gasteiger partial charge in [0.05, 0.1) is 7.11 Å². The van der Waals surface area contributed by atoms with Crippen molar-refractivity contribution in [2.45, 2.75) is 0 Å². The van der Waals surface area contributed by atoms with Crippen molar-refractivity contribution in [2.24, 2.45) is 0 Å². The predicted octanol–water partition coefficient (Wildman–Crippen LogP) is 1.52. The van der Waals surface area contributed by atoms with Crippen LogP contribution >= 0.6 is 0 Å². The fourth-order valence-electron chi connectivity index (χ4n) is 1.10. The minimum absolute atomic E-state index is 0.0657. The van der Waals surface area contributed by atoms with E-state index in [0.717, 1.165) is 0 Å². The van der Waals surface area contributed by atoms with E-state index < -0.39 is 12.1 Å². The maximum absolute atomic E-state index is 11.2. The monoisotopic (exact) mass is 252 g/mol. The van der Waals surface area contributed by atoms with Crippen LogP contribution in [-0.2, 0) is 4.74 Å². The van der Waals surface area contributed by atoms with Gasteiger partial charge in [-0.2, -0.15) is 4.98 Å². The molecule has 0 aromatic carbocycles. The van der Waals surface area contributed by atoms with Crippen molar-refractivity contribution >= 4 is 17.9 Å². The number of methoxy groups -OCH3 is 1. The Balaban J connectivity index is 2.82. The number of aromatic nitrogens is 1. The molecule has 0 fully saturated rings. The minimum Gasteiger partial charge on any atom is -0.480 e. The molecule has 0 saturated carbocycles. The number of hydrogen-bond acceptors (Lipinski definition) is 5. The molecule has 0 unspecified atom stereocenters. The lowest BCUT2D eigenvalue weighted by molar-refractivity contribution is 0.0692. The number of anilines is 1. The molecule has 7 heteroatoms. The Labute approximate surface area is 103 Å². The summed E-state index contributed by atoms with van der Waals surface area (Å²) in [6.07, 6.45) is 0.703. The first-order chi connectivity index (χ1) is 8.58. The Bertz CT molecular complexity index is 473. The number of aromatic carboxylic acids is 1. The number of nitrogens with zero attached hydrogens (tertiary/aromatic N) is 1. The van der Waals surface area contributed by atoms with Gasteiger partial charge in [-0.15, -0.1) is 0 Å². The molecule has 0 aliphatic carbocycles. The molecule has 1 rings (SSSR count). The van der Waals surface area contributed by atoms with Gasteiger partial charge >= 0.3 is 12.1 Å². The average Bonchev–Trinajstić information content (AvgIpc) is 2.35. The predicted molar refractivity (Wildman–Crippen MR) is 62.9 cm³/mol. The van der Waals surface area contributed by atoms with Crippen LogP contribution in [0.1, 0.15) is 10.4 Å². The fourth-order valence-corrected chi connectivity index (χ4v) is 1.10. The normalized spacial score (nSPS) is 9.39. The number of rotatable bonds is 5. The Morgan fingerprint density at radius 1 is 1.56 bits per heavy atom. The first-order valence-electron chi connectivity index (χ1n) is 4.91. The van der Waals surface area contributed by atoms with Gasteiger partial charge in [0.25, 0.3) is 0 Å². The van der Waals surface area contributed by atoms with Crippen LogP contribution in [0.25, 0.3) is 0 Å². The third kappa shape index (κ3) is 3.48. The summed E-state index contributed by atoms with van der Waals surface area (Å²) >= 11 is 0. The highest BCUT2D eigenvalue weighted by atomic mass is 16.5. The van der Waals surface area contributed by atoms with E-state index in [2.05, 4.69) is 21.6 Å². The highest BCUT2D eigenvalue weighted by Crippen LogP contribution is 2.18. The summed E-state index contributed by atoms with van der Waals surface area (Å²) in [5, 5.41) is 11.2. The standard InChI is InChI=1S/C11H12N2O5/c1-3-6-18-11(16)13-8-5-4-7(10(14)15)9(12-8)17-2/h3-5H,1,6H2,2H3,(H,14,15)(H,12,13,16). The first-order valence-corrected chi connectivity index (χ1v) is 4.91. The summed E-state index contributed by atoms with van der Waals surface area (Å²) in [4.78, 5) is 25.8. The van der Waals surface area contributed by atoms with Gasteiger partial charge in [-0.25, -0.2) is 9.59 Å². The number of carbonyl (C=O) groups excluding carboxylic acids is 1. The largest absolute Gasteiger partial charge is 0.480 e. The Hall–Kier alpha value is -2.57. The first kappa shape index (κ1) is 13.5. The molecule has 0 aliphatic rings. The number of nitrogens with one attached hydrogen (secondary N) is 1. The SMILES string of the molecule is C=CCOC(=O)Nc1ccc(C(=O)O)c(OC)n1. The van der Waals surface area contributed by atoms with Gasteiger partial charge in [-0.05, 0) is 12.1 Å². The summed E-state index contributed by atoms with van der Waals surface area (Å²) in [6.45, 7) is 3.46. The van der Waals surface area contributed by atoms with Gasteiger partial charge in [0.1, 0.15) is 18.0 Å². The van der Waals surface area contributed by atoms with E-state index >= 15 is 0 Å². The molecule has 0 saturated heterocycles. The van der Waals surface area contributed by atoms with Crippen LogP contribution < -0.4 is 10.1 Å². The number of carbonyl (C=O) groups is 2. The van der Waals surface area contributed by atoms with Gasteiger partial charge < -0.3 is 14.6 Å². The van der Waals surface area contributed by atoms with Crippen LogP contribution in [0.3, 0.4) is 0 Å². The second-order valence-electron chi connectivity index (χ2n) is 3.07. The molecule has 18 heavy (non-hydrogen) atoms. The molecule has 96 valence electrons. The highest BCUT2D eigenvalue weighted by molar-refractivity contribution is 5.91. The molecule has 0 bridgehead atoms. The zero-order valence-electron chi connectivity index (χ0n) is 9.67. The summed E-state index contributed by atoms with van der Waals surface area (Å²) in [5.74, 6) is -1.13. The van der Waals surface area contributed by atoms with E-state index in [0.29, 0.717) is 0 Å². The third-order valence-electron chi connectivity index (χ3n) is 1.85. The van der Waals surface area contributed by atoms with Crippen LogP contribution in [0, 0.1) is 0 Å². The molecule has 1 aromatic rings. The molecular formula is C11H12N2O5. The van der Waals surface area contributed by atoms with Gasteiger partial charge in [0.15, 0.2) is 0 Å². The van der Waals surface area contributed by atoms with Crippen LogP contribution in [0.4, 0.5) is 10.6 Å². The van der Waals surface area contributed by atoms with Crippen LogP contribution in [-0.4, -0.2) is 35.9 Å². The van der Waals surface area contributed by atoms with E-state index in [4.69, 9.17) is 9.84 Å². The number of ether oxygens (including phenoxy) is 2. The number of amides is 1. The molecular weight excluding hydrogens is 240 g/mol.